The van der Waals surface area contributed by atoms with Crippen LogP contribution in [-0.4, -0.2) is 30.1 Å². The van der Waals surface area contributed by atoms with Crippen molar-refractivity contribution in [3.05, 3.63) is 77.0 Å². The third kappa shape index (κ3) is 3.86. The Hall–Kier alpha value is -3.21. The minimum absolute atomic E-state index is 0.0662. The first-order chi connectivity index (χ1) is 14.2. The van der Waals surface area contributed by atoms with E-state index in [2.05, 4.69) is 11.4 Å². The van der Waals surface area contributed by atoms with Gasteiger partial charge in [0.2, 0.25) is 0 Å². The summed E-state index contributed by atoms with van der Waals surface area (Å²) in [5.74, 6) is 2.51. The molecule has 0 spiro atoms. The molecule has 2 aromatic rings. The van der Waals surface area contributed by atoms with E-state index in [1.165, 1.54) is 17.5 Å². The van der Waals surface area contributed by atoms with Gasteiger partial charge in [0.1, 0.15) is 18.2 Å². The monoisotopic (exact) mass is 385 g/mol. The zero-order valence-corrected chi connectivity index (χ0v) is 16.2. The number of benzene rings is 2. The Morgan fingerprint density at radius 2 is 1.93 bits per heavy atom. The fourth-order valence-corrected chi connectivity index (χ4v) is 4.23. The molecule has 0 fully saturated rings. The summed E-state index contributed by atoms with van der Waals surface area (Å²) in [4.78, 5) is 21.9. The first-order valence-electron chi connectivity index (χ1n) is 10.2. The zero-order chi connectivity index (χ0) is 19.6. The number of nitrogens with one attached hydrogen (secondary N) is 1. The quantitative estimate of drug-likeness (QED) is 0.874. The molecule has 3 aliphatic rings. The molecule has 2 bridgehead atoms. The van der Waals surface area contributed by atoms with Crippen LogP contribution in [0.25, 0.3) is 0 Å². The van der Waals surface area contributed by atoms with Crippen LogP contribution in [0, 0.1) is 0 Å². The predicted octanol–water partition coefficient (Wildman–Crippen LogP) is 3.62. The summed E-state index contributed by atoms with van der Waals surface area (Å²) in [7, 11) is 0. The summed E-state index contributed by atoms with van der Waals surface area (Å²) in [5.41, 5.74) is 4.39. The number of ketones is 1. The number of hydrogen-bond donors (Lipinski definition) is 1. The second-order valence-electron chi connectivity index (χ2n) is 7.74. The van der Waals surface area contributed by atoms with Crippen LogP contribution in [0.1, 0.15) is 36.0 Å². The van der Waals surface area contributed by atoms with Gasteiger partial charge in [0.05, 0.1) is 11.7 Å². The van der Waals surface area contributed by atoms with Crippen LogP contribution >= 0.6 is 0 Å². The molecule has 0 saturated heterocycles. The van der Waals surface area contributed by atoms with Crippen molar-refractivity contribution in [3.8, 4) is 5.75 Å². The summed E-state index contributed by atoms with van der Waals surface area (Å²) in [6.07, 6.45) is 6.03. The molecule has 2 aliphatic heterocycles. The average Bonchev–Trinajstić information content (AvgIpc) is 3.21. The van der Waals surface area contributed by atoms with Gasteiger partial charge in [-0.05, 0) is 36.5 Å². The molecule has 146 valence electrons. The maximum atomic E-state index is 12.5. The third-order valence-corrected chi connectivity index (χ3v) is 5.57. The summed E-state index contributed by atoms with van der Waals surface area (Å²) in [5, 5.41) is 3.34. The van der Waals surface area contributed by atoms with Gasteiger partial charge >= 0.3 is 0 Å². The van der Waals surface area contributed by atoms with E-state index in [0.717, 1.165) is 35.7 Å². The molecule has 1 unspecified atom stereocenters. The number of allylic oxidation sites excluding steroid dienone is 1. The Morgan fingerprint density at radius 3 is 2.83 bits per heavy atom. The number of carbonyl (C=O) groups excluding carboxylic acids is 1. The fraction of sp³-hybridized carbons (Fsp3) is 0.292. The lowest BCUT2D eigenvalue weighted by Crippen LogP contribution is -2.36. The second kappa shape index (κ2) is 7.66. The Balaban J connectivity index is 1.36. The van der Waals surface area contributed by atoms with Crippen LogP contribution < -0.4 is 10.1 Å². The van der Waals surface area contributed by atoms with E-state index in [1.54, 1.807) is 6.08 Å². The van der Waals surface area contributed by atoms with Crippen LogP contribution in [0.4, 0.5) is 0 Å². The molecule has 0 radical (unpaired) electrons. The fourth-order valence-electron chi connectivity index (χ4n) is 4.23. The maximum Gasteiger partial charge on any atom is 0.159 e. The number of nitrogens with zero attached hydrogens (tertiary/aromatic N) is 2. The number of rotatable bonds is 4. The van der Waals surface area contributed by atoms with Crippen LogP contribution in [0.15, 0.2) is 70.3 Å². The Bertz CT molecular complexity index is 1040. The maximum absolute atomic E-state index is 12.5. The van der Waals surface area contributed by atoms with Crippen molar-refractivity contribution in [2.75, 3.05) is 6.61 Å². The number of fused-ring (bicyclic) bond motifs is 3. The van der Waals surface area contributed by atoms with Crippen molar-refractivity contribution >= 4 is 17.5 Å². The zero-order valence-electron chi connectivity index (χ0n) is 16.2. The largest absolute Gasteiger partial charge is 0.487 e. The lowest BCUT2D eigenvalue weighted by atomic mass is 10.0. The number of amidine groups is 2. The molecule has 5 nitrogen and oxygen atoms in total. The van der Waals surface area contributed by atoms with Crippen LogP contribution in [0.3, 0.4) is 0 Å². The highest BCUT2D eigenvalue weighted by molar-refractivity contribution is 6.09. The molecule has 5 rings (SSSR count). The Morgan fingerprint density at radius 1 is 1.03 bits per heavy atom. The van der Waals surface area contributed by atoms with E-state index in [-0.39, 0.29) is 11.8 Å². The number of hydrogen-bond acceptors (Lipinski definition) is 5. The summed E-state index contributed by atoms with van der Waals surface area (Å²) in [6, 6.07) is 16.1. The van der Waals surface area contributed by atoms with Crippen LogP contribution in [0.5, 0.6) is 5.75 Å². The van der Waals surface area contributed by atoms with E-state index < -0.39 is 0 Å². The highest BCUT2D eigenvalue weighted by atomic mass is 16.5. The Kier molecular flexibility index (Phi) is 4.72. The predicted molar refractivity (Wildman–Crippen MR) is 114 cm³/mol. The van der Waals surface area contributed by atoms with Gasteiger partial charge in [0, 0.05) is 24.5 Å². The molecular formula is C24H23N3O2. The SMILES string of the molecule is O=C1C=C(COc2cccc3c2CCC3)NC2=NC(c3ccccc3)=NC(C1)C2. The molecule has 1 N–H and O–H groups in total. The van der Waals surface area contributed by atoms with Gasteiger partial charge in [0.15, 0.2) is 11.6 Å². The molecule has 2 aromatic carbocycles. The number of carbonyl (C=O) groups is 1. The van der Waals surface area contributed by atoms with Crippen molar-refractivity contribution in [2.45, 2.75) is 38.1 Å². The lowest BCUT2D eigenvalue weighted by Gasteiger charge is -2.24. The normalized spacial score (nSPS) is 20.5. The van der Waals surface area contributed by atoms with E-state index in [9.17, 15) is 4.79 Å². The van der Waals surface area contributed by atoms with Crippen LogP contribution in [-0.2, 0) is 17.6 Å². The summed E-state index contributed by atoms with van der Waals surface area (Å²) in [6.45, 7) is 0.323. The smallest absolute Gasteiger partial charge is 0.159 e. The first-order valence-corrected chi connectivity index (χ1v) is 10.2. The van der Waals surface area contributed by atoms with Crippen molar-refractivity contribution < 1.29 is 9.53 Å². The summed E-state index contributed by atoms with van der Waals surface area (Å²) >= 11 is 0. The highest BCUT2D eigenvalue weighted by Gasteiger charge is 2.25. The van der Waals surface area contributed by atoms with E-state index in [1.807, 2.05) is 42.5 Å². The van der Waals surface area contributed by atoms with Gasteiger partial charge in [-0.15, -0.1) is 0 Å². The molecule has 2 heterocycles. The molecule has 1 aliphatic carbocycles. The van der Waals surface area contributed by atoms with Gasteiger partial charge in [-0.1, -0.05) is 42.5 Å². The molecular weight excluding hydrogens is 362 g/mol. The molecule has 0 amide bonds. The topological polar surface area (TPSA) is 63.0 Å². The van der Waals surface area contributed by atoms with E-state index in [4.69, 9.17) is 14.7 Å². The average molecular weight is 385 g/mol. The van der Waals surface area contributed by atoms with Crippen molar-refractivity contribution in [2.24, 2.45) is 9.98 Å². The summed E-state index contributed by atoms with van der Waals surface area (Å²) < 4.78 is 6.11. The number of aliphatic imine (C=N–C) groups is 2. The van der Waals surface area contributed by atoms with Gasteiger partial charge in [-0.25, -0.2) is 4.99 Å². The minimum atomic E-state index is -0.0752. The minimum Gasteiger partial charge on any atom is -0.487 e. The highest BCUT2D eigenvalue weighted by Crippen LogP contribution is 2.30. The van der Waals surface area contributed by atoms with Gasteiger partial charge < -0.3 is 10.1 Å². The van der Waals surface area contributed by atoms with Crippen LogP contribution in [0.2, 0.25) is 0 Å². The molecule has 29 heavy (non-hydrogen) atoms. The first kappa shape index (κ1) is 17.9. The second-order valence-corrected chi connectivity index (χ2v) is 7.74. The number of aryl methyl sites for hydroxylation is 1. The molecule has 0 aromatic heterocycles. The van der Waals surface area contributed by atoms with Gasteiger partial charge in [0.25, 0.3) is 0 Å². The standard InChI is InChI=1S/C24H23N3O2/c28-20-12-18-14-23(27-24(26-18)17-6-2-1-3-7-17)25-19(13-20)15-29-22-11-5-9-16-8-4-10-21(16)22/h1-3,5-7,9,11,13,18H,4,8,10,12,14-15H2,(H,25,26,27). The Labute approximate surface area is 170 Å². The molecule has 1 atom stereocenters. The van der Waals surface area contributed by atoms with E-state index >= 15 is 0 Å². The molecule has 5 heteroatoms. The van der Waals surface area contributed by atoms with Gasteiger partial charge in [-0.3, -0.25) is 9.79 Å². The van der Waals surface area contributed by atoms with Crippen molar-refractivity contribution in [1.82, 2.24) is 5.32 Å². The van der Waals surface area contributed by atoms with E-state index in [0.29, 0.717) is 25.3 Å². The third-order valence-electron chi connectivity index (χ3n) is 5.57. The molecule has 0 saturated carbocycles. The van der Waals surface area contributed by atoms with Gasteiger partial charge in [-0.2, -0.15) is 0 Å². The lowest BCUT2D eigenvalue weighted by molar-refractivity contribution is -0.115. The van der Waals surface area contributed by atoms with Crippen molar-refractivity contribution in [1.29, 1.82) is 0 Å². The van der Waals surface area contributed by atoms with Crippen molar-refractivity contribution in [3.63, 3.8) is 0 Å². The number of ether oxygens (including phenoxy) is 1.